The first kappa shape index (κ1) is 37.6. The fraction of sp³-hybridized carbons (Fsp3) is 0.412. The van der Waals surface area contributed by atoms with Crippen LogP contribution in [-0.2, 0) is 30.5 Å². The number of likely N-dealkylation sites (tertiary alicyclic amines) is 1. The molecule has 0 bridgehead atoms. The number of fused-ring (bicyclic) bond motifs is 1. The van der Waals surface area contributed by atoms with Crippen LogP contribution in [0, 0.1) is 0 Å². The Kier molecular flexibility index (Phi) is 12.7. The molecule has 1 aromatic heterocycles. The Balaban J connectivity index is 1.37. The Labute approximate surface area is 287 Å². The third-order valence-electron chi connectivity index (χ3n) is 7.86. The summed E-state index contributed by atoms with van der Waals surface area (Å²) in [6.45, 7) is -0.517. The molecule has 1 atom stereocenters. The third kappa shape index (κ3) is 9.69. The van der Waals surface area contributed by atoms with E-state index >= 15 is 0 Å². The van der Waals surface area contributed by atoms with Gasteiger partial charge < -0.3 is 40.0 Å². The molecule has 268 valence electrons. The largest absolute Gasteiger partial charge is 0.493 e. The van der Waals surface area contributed by atoms with Gasteiger partial charge in [-0.05, 0) is 43.9 Å². The summed E-state index contributed by atoms with van der Waals surface area (Å²) in [5.41, 5.74) is 1.34. The van der Waals surface area contributed by atoms with Crippen molar-refractivity contribution in [1.82, 2.24) is 25.4 Å². The number of hydrogen-bond donors (Lipinski definition) is 3. The van der Waals surface area contributed by atoms with Crippen molar-refractivity contribution in [3.05, 3.63) is 59.8 Å². The molecule has 0 radical (unpaired) electrons. The molecule has 16 heteroatoms. The number of nitrogens with zero attached hydrogens (tertiary/aromatic N) is 3. The average Bonchev–Trinajstić information content (AvgIpc) is 3.43. The fourth-order valence-corrected chi connectivity index (χ4v) is 5.28. The maximum atomic E-state index is 14.5. The van der Waals surface area contributed by atoms with Crippen LogP contribution in [0.4, 0.5) is 14.5 Å². The Morgan fingerprint density at radius 1 is 1.00 bits per heavy atom. The third-order valence-corrected chi connectivity index (χ3v) is 7.86. The predicted molar refractivity (Wildman–Crippen MR) is 178 cm³/mol. The van der Waals surface area contributed by atoms with Gasteiger partial charge in [-0.1, -0.05) is 18.2 Å². The molecule has 4 amide bonds. The number of pyridine rings is 1. The minimum absolute atomic E-state index is 0.102. The fourth-order valence-electron chi connectivity index (χ4n) is 5.28. The Morgan fingerprint density at radius 2 is 1.76 bits per heavy atom. The smallest absolute Gasteiger partial charge is 0.289 e. The molecule has 4 rings (SSSR count). The summed E-state index contributed by atoms with van der Waals surface area (Å²) in [5.74, 6) is -6.95. The zero-order valence-electron chi connectivity index (χ0n) is 28.2. The van der Waals surface area contributed by atoms with E-state index in [0.717, 1.165) is 0 Å². The van der Waals surface area contributed by atoms with Crippen molar-refractivity contribution in [2.75, 3.05) is 66.5 Å². The van der Waals surface area contributed by atoms with E-state index in [4.69, 9.17) is 14.2 Å². The Bertz CT molecular complexity index is 1740. The average molecular weight is 699 g/mol. The van der Waals surface area contributed by atoms with Gasteiger partial charge in [-0.2, -0.15) is 0 Å². The summed E-state index contributed by atoms with van der Waals surface area (Å²) in [7, 11) is 6.72. The second kappa shape index (κ2) is 16.9. The van der Waals surface area contributed by atoms with Crippen LogP contribution in [0.1, 0.15) is 28.8 Å². The molecule has 14 nitrogen and oxygen atoms in total. The monoisotopic (exact) mass is 698 g/mol. The lowest BCUT2D eigenvalue weighted by Gasteiger charge is -2.23. The van der Waals surface area contributed by atoms with E-state index < -0.39 is 55.0 Å². The number of benzene rings is 2. The number of aromatic nitrogens is 1. The molecule has 3 N–H and O–H groups in total. The number of ketones is 1. The first-order valence-electron chi connectivity index (χ1n) is 15.7. The van der Waals surface area contributed by atoms with Crippen molar-refractivity contribution in [2.24, 2.45) is 0 Å². The lowest BCUT2D eigenvalue weighted by molar-refractivity contribution is -0.144. The number of carbonyl (C=O) groups excluding carboxylic acids is 5. The number of halogens is 2. The van der Waals surface area contributed by atoms with E-state index in [1.165, 1.54) is 26.5 Å². The second-order valence-corrected chi connectivity index (χ2v) is 11.8. The van der Waals surface area contributed by atoms with E-state index in [1.807, 2.05) is 19.0 Å². The van der Waals surface area contributed by atoms with E-state index in [0.29, 0.717) is 51.7 Å². The molecule has 1 saturated heterocycles. The highest BCUT2D eigenvalue weighted by Crippen LogP contribution is 2.33. The van der Waals surface area contributed by atoms with Crippen molar-refractivity contribution in [1.29, 1.82) is 0 Å². The number of anilines is 1. The van der Waals surface area contributed by atoms with Crippen molar-refractivity contribution >= 4 is 46.0 Å². The molecular formula is C34H40F2N6O8. The van der Waals surface area contributed by atoms with Crippen LogP contribution in [0.25, 0.3) is 10.9 Å². The summed E-state index contributed by atoms with van der Waals surface area (Å²) < 4.78 is 44.9. The quantitative estimate of drug-likeness (QED) is 0.149. The van der Waals surface area contributed by atoms with Gasteiger partial charge in [0.05, 0.1) is 63.7 Å². The number of likely N-dealkylation sites (N-methyl/N-ethyl adjacent to an activating group) is 1. The molecule has 50 heavy (non-hydrogen) atoms. The van der Waals surface area contributed by atoms with E-state index in [1.54, 1.807) is 36.4 Å². The number of Topliss-reactive ketones (excluding diaryl/α,β-unsaturated/α-hetero) is 1. The van der Waals surface area contributed by atoms with Crippen LogP contribution in [-0.4, -0.2) is 117 Å². The van der Waals surface area contributed by atoms with Crippen LogP contribution >= 0.6 is 0 Å². The van der Waals surface area contributed by atoms with Gasteiger partial charge in [0.15, 0.2) is 11.5 Å². The molecule has 1 aliphatic heterocycles. The number of nitrogens with one attached hydrogen (secondary N) is 3. The number of ether oxygens (including phenoxy) is 3. The van der Waals surface area contributed by atoms with Crippen molar-refractivity contribution in [2.45, 2.75) is 31.4 Å². The lowest BCUT2D eigenvalue weighted by atomic mass is 10.1. The molecule has 1 aliphatic rings. The molecular weight excluding hydrogens is 658 g/mol. The number of methoxy groups -OCH3 is 2. The number of alkyl halides is 2. The minimum Gasteiger partial charge on any atom is -0.493 e. The van der Waals surface area contributed by atoms with Crippen molar-refractivity contribution in [3.8, 4) is 11.5 Å². The number of hydrogen-bond acceptors (Lipinski definition) is 10. The predicted octanol–water partition coefficient (Wildman–Crippen LogP) is 2.01. The molecule has 0 aliphatic carbocycles. The van der Waals surface area contributed by atoms with E-state index in [2.05, 4.69) is 20.9 Å². The highest BCUT2D eigenvalue weighted by molar-refractivity contribution is 6.38. The normalized spacial score (nSPS) is 15.1. The van der Waals surface area contributed by atoms with Crippen LogP contribution in [0.15, 0.2) is 48.7 Å². The zero-order chi connectivity index (χ0) is 36.4. The van der Waals surface area contributed by atoms with Gasteiger partial charge in [0, 0.05) is 31.1 Å². The maximum absolute atomic E-state index is 14.5. The van der Waals surface area contributed by atoms with Gasteiger partial charge >= 0.3 is 0 Å². The topological polar surface area (TPSA) is 168 Å². The van der Waals surface area contributed by atoms with Crippen LogP contribution in [0.3, 0.4) is 0 Å². The summed E-state index contributed by atoms with van der Waals surface area (Å²) >= 11 is 0. The molecule has 0 unspecified atom stereocenters. The summed E-state index contributed by atoms with van der Waals surface area (Å²) in [6.07, 6.45) is 0.418. The van der Waals surface area contributed by atoms with Gasteiger partial charge in [0.1, 0.15) is 6.04 Å². The Hall–Kier alpha value is -5.22. The van der Waals surface area contributed by atoms with Crippen LogP contribution in [0.5, 0.6) is 11.5 Å². The number of carbonyl (C=O) groups is 5. The van der Waals surface area contributed by atoms with E-state index in [-0.39, 0.29) is 31.0 Å². The number of para-hydroxylation sites is 1. The second-order valence-electron chi connectivity index (χ2n) is 11.8. The van der Waals surface area contributed by atoms with Gasteiger partial charge in [-0.15, -0.1) is 0 Å². The summed E-state index contributed by atoms with van der Waals surface area (Å²) in [4.78, 5) is 71.4. The standard InChI is InChI=1S/C34H40F2N6O8/c1-41(2)13-15-50-14-11-28(43)40-24-7-5-6-22-23(10-12-37-30(22)24)32(46)39-19-29(44)42-20-34(35,36)17-25(42)31(45)33(47)38-18-21-8-9-26(48-3)27(16-21)49-4/h5-10,12,16,25H,11,13-15,17-20H2,1-4H3,(H,38,47)(H,39,46)(H,40,43)/t25-/m0/s1. The molecule has 2 aromatic carbocycles. The summed E-state index contributed by atoms with van der Waals surface area (Å²) in [6, 6.07) is 9.34. The molecule has 1 fully saturated rings. The highest BCUT2D eigenvalue weighted by Gasteiger charge is 2.51. The number of amides is 4. The lowest BCUT2D eigenvalue weighted by Crippen LogP contribution is -2.49. The van der Waals surface area contributed by atoms with Crippen LogP contribution < -0.4 is 25.4 Å². The summed E-state index contributed by atoms with van der Waals surface area (Å²) in [5, 5.41) is 7.94. The minimum atomic E-state index is -3.43. The van der Waals surface area contributed by atoms with Crippen molar-refractivity contribution in [3.63, 3.8) is 0 Å². The number of rotatable bonds is 16. The first-order valence-corrected chi connectivity index (χ1v) is 15.7. The highest BCUT2D eigenvalue weighted by atomic mass is 19.3. The zero-order valence-corrected chi connectivity index (χ0v) is 28.2. The SMILES string of the molecule is COc1ccc(CNC(=O)C(=O)[C@@H]2CC(F)(F)CN2C(=O)CNC(=O)c2ccnc3c(NC(=O)CCOCCN(C)C)cccc23)cc1OC. The molecule has 0 spiro atoms. The molecule has 0 saturated carbocycles. The maximum Gasteiger partial charge on any atom is 0.289 e. The van der Waals surface area contributed by atoms with Gasteiger partial charge in [0.2, 0.25) is 17.6 Å². The Morgan fingerprint density at radius 3 is 2.48 bits per heavy atom. The van der Waals surface area contributed by atoms with Gasteiger partial charge in [-0.25, -0.2) is 8.78 Å². The van der Waals surface area contributed by atoms with Gasteiger partial charge in [0.25, 0.3) is 17.7 Å². The van der Waals surface area contributed by atoms with Gasteiger partial charge in [-0.3, -0.25) is 29.0 Å². The van der Waals surface area contributed by atoms with Crippen LogP contribution in [0.2, 0.25) is 0 Å². The molecule has 3 aromatic rings. The molecule has 2 heterocycles. The first-order chi connectivity index (χ1) is 23.8. The van der Waals surface area contributed by atoms with Crippen molar-refractivity contribution < 1.29 is 47.0 Å². The van der Waals surface area contributed by atoms with E-state index in [9.17, 15) is 32.8 Å².